The van der Waals surface area contributed by atoms with Crippen LogP contribution in [0.25, 0.3) is 10.8 Å². The highest BCUT2D eigenvalue weighted by molar-refractivity contribution is 6.31. The second-order valence-electron chi connectivity index (χ2n) is 10.3. The molecule has 1 saturated heterocycles. The van der Waals surface area contributed by atoms with Crippen LogP contribution in [0.1, 0.15) is 34.2 Å². The maximum absolute atomic E-state index is 14.8. The van der Waals surface area contributed by atoms with Gasteiger partial charge in [-0.3, -0.25) is 14.6 Å². The zero-order chi connectivity index (χ0) is 27.1. The van der Waals surface area contributed by atoms with Gasteiger partial charge in [0.2, 0.25) is 5.91 Å². The highest BCUT2D eigenvalue weighted by atomic mass is 35.5. The molecular weight excluding hydrogens is 512 g/mol. The Hall–Kier alpha value is -3.88. The zero-order valence-electron chi connectivity index (χ0n) is 21.9. The van der Waals surface area contributed by atoms with Crippen molar-refractivity contribution in [3.63, 3.8) is 0 Å². The molecule has 2 aliphatic rings. The third kappa shape index (κ3) is 4.24. The summed E-state index contributed by atoms with van der Waals surface area (Å²) in [5, 5.41) is 5.90. The summed E-state index contributed by atoms with van der Waals surface area (Å²) in [7, 11) is 0. The van der Waals surface area contributed by atoms with Gasteiger partial charge in [-0.05, 0) is 43.3 Å². The smallest absolute Gasteiger partial charge is 0.254 e. The number of nitrogens with one attached hydrogen (secondary N) is 1. The van der Waals surface area contributed by atoms with Gasteiger partial charge < -0.3 is 15.1 Å². The number of anilines is 1. The molecule has 0 saturated carbocycles. The molecule has 0 unspecified atom stereocenters. The Kier molecular flexibility index (Phi) is 6.53. The van der Waals surface area contributed by atoms with E-state index in [0.29, 0.717) is 29.2 Å². The highest BCUT2D eigenvalue weighted by Gasteiger charge is 2.59. The first kappa shape index (κ1) is 25.4. The molecule has 2 amide bonds. The van der Waals surface area contributed by atoms with Crippen molar-refractivity contribution in [1.82, 2.24) is 25.2 Å². The lowest BCUT2D eigenvalue weighted by Crippen LogP contribution is -2.57. The van der Waals surface area contributed by atoms with Gasteiger partial charge in [0.1, 0.15) is 6.33 Å². The Bertz CT molecular complexity index is 1590. The Morgan fingerprint density at radius 1 is 1.10 bits per heavy atom. The summed E-state index contributed by atoms with van der Waals surface area (Å²) < 4.78 is 0. The summed E-state index contributed by atoms with van der Waals surface area (Å²) in [4.78, 5) is 45.2. The first-order chi connectivity index (χ1) is 18.9. The normalized spacial score (nSPS) is 20.7. The van der Waals surface area contributed by atoms with Crippen LogP contribution in [0, 0.1) is 12.8 Å². The number of carbonyl (C=O) groups excluding carboxylic acids is 2. The van der Waals surface area contributed by atoms with Crippen LogP contribution in [0.4, 0.5) is 5.69 Å². The van der Waals surface area contributed by atoms with Gasteiger partial charge in [0.05, 0.1) is 29.5 Å². The summed E-state index contributed by atoms with van der Waals surface area (Å²) in [6.07, 6.45) is 5.08. The van der Waals surface area contributed by atoms with E-state index in [-0.39, 0.29) is 30.8 Å². The second-order valence-corrected chi connectivity index (χ2v) is 10.7. The van der Waals surface area contributed by atoms with Gasteiger partial charge in [0, 0.05) is 58.8 Å². The summed E-state index contributed by atoms with van der Waals surface area (Å²) in [5.41, 5.74) is 2.53. The van der Waals surface area contributed by atoms with E-state index in [1.165, 1.54) is 6.33 Å². The molecule has 6 rings (SSSR count). The first-order valence-corrected chi connectivity index (χ1v) is 13.5. The average Bonchev–Trinajstić information content (AvgIpc) is 3.21. The van der Waals surface area contributed by atoms with E-state index < -0.39 is 5.41 Å². The molecule has 1 spiro atoms. The maximum Gasteiger partial charge on any atom is 0.254 e. The van der Waals surface area contributed by atoms with Crippen LogP contribution in [-0.2, 0) is 16.8 Å². The third-order valence-electron chi connectivity index (χ3n) is 7.94. The number of aryl methyl sites for hydroxylation is 1. The molecule has 2 atom stereocenters. The van der Waals surface area contributed by atoms with Gasteiger partial charge in [0.25, 0.3) is 5.91 Å². The van der Waals surface area contributed by atoms with E-state index in [4.69, 9.17) is 11.6 Å². The molecule has 39 heavy (non-hydrogen) atoms. The fourth-order valence-corrected chi connectivity index (χ4v) is 6.28. The monoisotopic (exact) mass is 540 g/mol. The van der Waals surface area contributed by atoms with Gasteiger partial charge in [-0.2, -0.15) is 0 Å². The third-order valence-corrected chi connectivity index (χ3v) is 8.17. The molecule has 1 fully saturated rings. The fraction of sp³-hybridized carbons (Fsp3) is 0.300. The molecule has 0 aliphatic carbocycles. The van der Waals surface area contributed by atoms with Crippen molar-refractivity contribution < 1.29 is 9.59 Å². The number of nitrogens with zero attached hydrogens (tertiary/aromatic N) is 5. The number of hydrogen-bond acceptors (Lipinski definition) is 6. The van der Waals surface area contributed by atoms with Crippen molar-refractivity contribution >= 4 is 39.9 Å². The van der Waals surface area contributed by atoms with Crippen LogP contribution in [0.3, 0.4) is 0 Å². The van der Waals surface area contributed by atoms with Crippen LogP contribution in [-0.4, -0.2) is 57.8 Å². The topological polar surface area (TPSA) is 91.3 Å². The van der Waals surface area contributed by atoms with Gasteiger partial charge in [-0.25, -0.2) is 9.97 Å². The zero-order valence-corrected chi connectivity index (χ0v) is 22.7. The molecule has 198 valence electrons. The minimum Gasteiger partial charge on any atom is -0.331 e. The van der Waals surface area contributed by atoms with Gasteiger partial charge in [-0.1, -0.05) is 42.8 Å². The van der Waals surface area contributed by atoms with E-state index in [0.717, 1.165) is 34.4 Å². The fourth-order valence-electron chi connectivity index (χ4n) is 6.11. The Morgan fingerprint density at radius 2 is 1.95 bits per heavy atom. The van der Waals surface area contributed by atoms with E-state index in [1.807, 2.05) is 54.4 Å². The quantitative estimate of drug-likeness (QED) is 0.395. The molecular formula is C30H29ClN6O2. The molecule has 0 radical (unpaired) electrons. The minimum atomic E-state index is -0.991. The largest absolute Gasteiger partial charge is 0.331 e. The van der Waals surface area contributed by atoms with Gasteiger partial charge in [-0.15, -0.1) is 0 Å². The summed E-state index contributed by atoms with van der Waals surface area (Å²) >= 11 is 6.51. The summed E-state index contributed by atoms with van der Waals surface area (Å²) in [6.45, 7) is 6.32. The summed E-state index contributed by atoms with van der Waals surface area (Å²) in [5.74, 6) is -0.309. The van der Waals surface area contributed by atoms with Crippen molar-refractivity contribution in [2.75, 3.05) is 31.1 Å². The van der Waals surface area contributed by atoms with E-state index in [1.54, 1.807) is 23.2 Å². The molecule has 9 heteroatoms. The van der Waals surface area contributed by atoms with Gasteiger partial charge in [0.15, 0.2) is 0 Å². The number of aromatic nitrogens is 3. The van der Waals surface area contributed by atoms with Crippen LogP contribution in [0.5, 0.6) is 0 Å². The van der Waals surface area contributed by atoms with Crippen molar-refractivity contribution in [3.8, 4) is 0 Å². The maximum atomic E-state index is 14.8. The molecule has 4 heterocycles. The highest BCUT2D eigenvalue weighted by Crippen LogP contribution is 2.48. The van der Waals surface area contributed by atoms with Gasteiger partial charge >= 0.3 is 0 Å². The van der Waals surface area contributed by atoms with E-state index in [9.17, 15) is 9.59 Å². The Balaban J connectivity index is 1.51. The van der Waals surface area contributed by atoms with Crippen LogP contribution < -0.4 is 10.2 Å². The summed E-state index contributed by atoms with van der Waals surface area (Å²) in [6, 6.07) is 15.1. The predicted molar refractivity (Wildman–Crippen MR) is 151 cm³/mol. The number of carbonyl (C=O) groups is 2. The predicted octanol–water partition coefficient (Wildman–Crippen LogP) is 4.15. The number of pyridine rings is 1. The average molecular weight is 541 g/mol. The minimum absolute atomic E-state index is 0.0524. The number of rotatable bonds is 6. The molecule has 4 aromatic rings. The SMILES string of the molecule is CCNC[C@@H]1CN(c2cncc3ccccc23)C(=O)[C@@]12CN(Cc1cc(C)ncn1)C(=O)c1ccc(Cl)cc12. The lowest BCUT2D eigenvalue weighted by molar-refractivity contribution is -0.123. The number of amides is 2. The van der Waals surface area contributed by atoms with Crippen molar-refractivity contribution in [2.45, 2.75) is 25.8 Å². The first-order valence-electron chi connectivity index (χ1n) is 13.1. The van der Waals surface area contributed by atoms with Crippen molar-refractivity contribution in [2.24, 2.45) is 5.92 Å². The Labute approximate surface area is 232 Å². The van der Waals surface area contributed by atoms with E-state index in [2.05, 4.69) is 27.2 Å². The lowest BCUT2D eigenvalue weighted by Gasteiger charge is -2.43. The standard InChI is InChI=1S/C30H29ClN6O2/c1-3-32-13-21-15-37(27-14-33-12-20-6-4-5-7-24(20)27)29(39)30(21)17-36(16-23-10-19(2)34-18-35-23)28(38)25-9-8-22(31)11-26(25)30/h4-12,14,18,21,32H,3,13,15-17H2,1-2H3/t21-,30+/m1/s1. The molecule has 1 N–H and O–H groups in total. The molecule has 2 aromatic carbocycles. The molecule has 2 aromatic heterocycles. The van der Waals surface area contributed by atoms with Crippen LogP contribution >= 0.6 is 11.6 Å². The number of halogens is 1. The molecule has 8 nitrogen and oxygen atoms in total. The number of benzene rings is 2. The van der Waals surface area contributed by atoms with E-state index >= 15 is 0 Å². The second kappa shape index (κ2) is 10.0. The Morgan fingerprint density at radius 3 is 2.77 bits per heavy atom. The van der Waals surface area contributed by atoms with Crippen molar-refractivity contribution in [1.29, 1.82) is 0 Å². The number of fused-ring (bicyclic) bond motifs is 3. The molecule has 0 bridgehead atoms. The van der Waals surface area contributed by atoms with Crippen LogP contribution in [0.15, 0.2) is 67.3 Å². The molecule has 2 aliphatic heterocycles. The van der Waals surface area contributed by atoms with Crippen molar-refractivity contribution in [3.05, 3.63) is 94.8 Å². The number of hydrogen-bond donors (Lipinski definition) is 1. The van der Waals surface area contributed by atoms with Crippen LogP contribution in [0.2, 0.25) is 5.02 Å². The lowest BCUT2D eigenvalue weighted by atomic mass is 9.67.